The van der Waals surface area contributed by atoms with Crippen molar-refractivity contribution in [2.75, 3.05) is 26.2 Å². The summed E-state index contributed by atoms with van der Waals surface area (Å²) in [6, 6.07) is 13.6. The number of H-pyrrole nitrogens is 1. The Balaban J connectivity index is 1.49. The molecule has 0 spiro atoms. The monoisotopic (exact) mass is 567 g/mol. The van der Waals surface area contributed by atoms with Crippen LogP contribution in [0.25, 0.3) is 10.9 Å². The average molecular weight is 568 g/mol. The van der Waals surface area contributed by atoms with Crippen molar-refractivity contribution < 1.29 is 23.9 Å². The van der Waals surface area contributed by atoms with Crippen LogP contribution in [0.5, 0.6) is 0 Å². The van der Waals surface area contributed by atoms with E-state index in [0.717, 1.165) is 31.3 Å². The van der Waals surface area contributed by atoms with Crippen LogP contribution >= 0.6 is 11.6 Å². The third-order valence-electron chi connectivity index (χ3n) is 6.95. The van der Waals surface area contributed by atoms with Gasteiger partial charge in [0, 0.05) is 40.5 Å². The maximum absolute atomic E-state index is 13.4. The molecule has 0 radical (unpaired) electrons. The quantitative estimate of drug-likeness (QED) is 0.338. The summed E-state index contributed by atoms with van der Waals surface area (Å²) in [6.07, 6.45) is 2.54. The van der Waals surface area contributed by atoms with Gasteiger partial charge in [0.15, 0.2) is 6.10 Å². The highest BCUT2D eigenvalue weighted by Gasteiger charge is 2.30. The normalized spacial score (nSPS) is 15.2. The SMILES string of the molecule is CCC(OC(=O)C(Cc1cc(=O)[nH]c2ccccc12)NC(=O)c1ccc(Cl)cc1)C(=O)OCCN1CCCCC1. The van der Waals surface area contributed by atoms with Gasteiger partial charge in [0.25, 0.3) is 5.91 Å². The third kappa shape index (κ3) is 7.92. The lowest BCUT2D eigenvalue weighted by Gasteiger charge is -2.26. The number of carbonyl (C=O) groups excluding carboxylic acids is 3. The van der Waals surface area contributed by atoms with Gasteiger partial charge in [0.05, 0.1) is 0 Å². The van der Waals surface area contributed by atoms with Crippen LogP contribution in [0.4, 0.5) is 0 Å². The van der Waals surface area contributed by atoms with Gasteiger partial charge in [-0.25, -0.2) is 9.59 Å². The number of para-hydroxylation sites is 1. The number of likely N-dealkylation sites (tertiary alicyclic amines) is 1. The van der Waals surface area contributed by atoms with E-state index in [-0.39, 0.29) is 25.0 Å². The molecule has 212 valence electrons. The number of nitrogens with zero attached hydrogens (tertiary/aromatic N) is 1. The molecule has 1 saturated heterocycles. The zero-order chi connectivity index (χ0) is 28.5. The number of nitrogens with one attached hydrogen (secondary N) is 2. The van der Waals surface area contributed by atoms with Gasteiger partial charge in [-0.15, -0.1) is 0 Å². The van der Waals surface area contributed by atoms with Crippen molar-refractivity contribution in [3.8, 4) is 0 Å². The summed E-state index contributed by atoms with van der Waals surface area (Å²) in [5.74, 6) is -1.95. The van der Waals surface area contributed by atoms with Crippen LogP contribution in [0.15, 0.2) is 59.4 Å². The Morgan fingerprint density at radius 3 is 2.48 bits per heavy atom. The molecule has 1 aromatic heterocycles. The molecule has 2 aromatic carbocycles. The van der Waals surface area contributed by atoms with Crippen molar-refractivity contribution >= 4 is 40.3 Å². The summed E-state index contributed by atoms with van der Waals surface area (Å²) in [6.45, 7) is 4.52. The van der Waals surface area contributed by atoms with Crippen molar-refractivity contribution in [1.29, 1.82) is 0 Å². The molecule has 1 fully saturated rings. The molecule has 0 bridgehead atoms. The largest absolute Gasteiger partial charge is 0.462 e. The Labute approximate surface area is 237 Å². The van der Waals surface area contributed by atoms with Crippen molar-refractivity contribution in [2.45, 2.75) is 51.2 Å². The molecular formula is C30H34ClN3O6. The summed E-state index contributed by atoms with van der Waals surface area (Å²) in [7, 11) is 0. The lowest BCUT2D eigenvalue weighted by Crippen LogP contribution is -2.45. The maximum Gasteiger partial charge on any atom is 0.347 e. The smallest absolute Gasteiger partial charge is 0.347 e. The van der Waals surface area contributed by atoms with E-state index < -0.39 is 30.0 Å². The van der Waals surface area contributed by atoms with E-state index in [1.165, 1.54) is 24.6 Å². The first-order valence-corrected chi connectivity index (χ1v) is 14.0. The second kappa shape index (κ2) is 14.1. The molecule has 2 atom stereocenters. The van der Waals surface area contributed by atoms with E-state index in [1.54, 1.807) is 31.2 Å². The molecule has 2 heterocycles. The minimum absolute atomic E-state index is 0.0248. The van der Waals surface area contributed by atoms with Gasteiger partial charge in [-0.3, -0.25) is 14.5 Å². The number of ether oxygens (including phenoxy) is 2. The molecule has 0 saturated carbocycles. The molecule has 0 aliphatic carbocycles. The number of piperidine rings is 1. The number of esters is 2. The van der Waals surface area contributed by atoms with Crippen molar-refractivity contribution in [1.82, 2.24) is 15.2 Å². The van der Waals surface area contributed by atoms with E-state index in [9.17, 15) is 19.2 Å². The fourth-order valence-corrected chi connectivity index (χ4v) is 4.90. The minimum atomic E-state index is -1.18. The van der Waals surface area contributed by atoms with E-state index in [2.05, 4.69) is 15.2 Å². The van der Waals surface area contributed by atoms with E-state index in [4.69, 9.17) is 21.1 Å². The Hall–Kier alpha value is -3.69. The van der Waals surface area contributed by atoms with Crippen LogP contribution in [0.3, 0.4) is 0 Å². The summed E-state index contributed by atoms with van der Waals surface area (Å²) >= 11 is 5.95. The fraction of sp³-hybridized carbons (Fsp3) is 0.400. The second-order valence-electron chi connectivity index (χ2n) is 9.85. The van der Waals surface area contributed by atoms with Gasteiger partial charge in [-0.2, -0.15) is 0 Å². The van der Waals surface area contributed by atoms with Crippen molar-refractivity contribution in [3.05, 3.63) is 81.1 Å². The molecule has 2 N–H and O–H groups in total. The standard InChI is InChI=1S/C30H34ClN3O6/c1-2-26(30(38)39-17-16-34-14-6-3-7-15-34)40-29(37)25(33-28(36)20-10-12-22(31)13-11-20)18-21-19-27(35)32-24-9-5-4-8-23(21)24/h4-5,8-13,19,25-26H,2-3,6-7,14-18H2,1H3,(H,32,35)(H,33,36). The van der Waals surface area contributed by atoms with Gasteiger partial charge in [-0.05, 0) is 68.2 Å². The summed E-state index contributed by atoms with van der Waals surface area (Å²) in [4.78, 5) is 56.6. The predicted molar refractivity (Wildman–Crippen MR) is 152 cm³/mol. The Morgan fingerprint density at radius 2 is 1.75 bits per heavy atom. The highest BCUT2D eigenvalue weighted by atomic mass is 35.5. The number of hydrogen-bond donors (Lipinski definition) is 2. The molecule has 1 amide bonds. The van der Waals surface area contributed by atoms with Crippen LogP contribution in [0.2, 0.25) is 5.02 Å². The second-order valence-corrected chi connectivity index (χ2v) is 10.3. The molecular weight excluding hydrogens is 534 g/mol. The molecule has 40 heavy (non-hydrogen) atoms. The average Bonchev–Trinajstić information content (AvgIpc) is 2.96. The Kier molecular flexibility index (Phi) is 10.3. The predicted octanol–water partition coefficient (Wildman–Crippen LogP) is 3.87. The number of halogens is 1. The number of benzene rings is 2. The number of amides is 1. The first kappa shape index (κ1) is 29.3. The van der Waals surface area contributed by atoms with Gasteiger partial charge < -0.3 is 19.8 Å². The maximum atomic E-state index is 13.4. The van der Waals surface area contributed by atoms with Crippen molar-refractivity contribution in [2.24, 2.45) is 0 Å². The molecule has 1 aliphatic rings. The van der Waals surface area contributed by atoms with Crippen LogP contribution in [0, 0.1) is 0 Å². The Morgan fingerprint density at radius 1 is 1.02 bits per heavy atom. The first-order valence-electron chi connectivity index (χ1n) is 13.6. The molecule has 9 nitrogen and oxygen atoms in total. The molecule has 10 heteroatoms. The molecule has 4 rings (SSSR count). The molecule has 1 aliphatic heterocycles. The van der Waals surface area contributed by atoms with Gasteiger partial charge in [0.2, 0.25) is 5.56 Å². The van der Waals surface area contributed by atoms with E-state index in [0.29, 0.717) is 28.2 Å². The highest BCUT2D eigenvalue weighted by molar-refractivity contribution is 6.30. The number of fused-ring (bicyclic) bond motifs is 1. The van der Waals surface area contributed by atoms with E-state index in [1.807, 2.05) is 12.1 Å². The number of hydrogen-bond acceptors (Lipinski definition) is 7. The zero-order valence-electron chi connectivity index (χ0n) is 22.5. The number of carbonyl (C=O) groups is 3. The number of pyridine rings is 1. The first-order chi connectivity index (χ1) is 19.3. The fourth-order valence-electron chi connectivity index (χ4n) is 4.77. The minimum Gasteiger partial charge on any atom is -0.462 e. The highest BCUT2D eigenvalue weighted by Crippen LogP contribution is 2.18. The van der Waals surface area contributed by atoms with Gasteiger partial charge >= 0.3 is 11.9 Å². The van der Waals surface area contributed by atoms with Crippen LogP contribution in [-0.4, -0.2) is 66.1 Å². The van der Waals surface area contributed by atoms with Crippen LogP contribution in [0.1, 0.15) is 48.5 Å². The summed E-state index contributed by atoms with van der Waals surface area (Å²) < 4.78 is 11.0. The molecule has 2 unspecified atom stereocenters. The zero-order valence-corrected chi connectivity index (χ0v) is 23.2. The third-order valence-corrected chi connectivity index (χ3v) is 7.20. The topological polar surface area (TPSA) is 118 Å². The van der Waals surface area contributed by atoms with Gasteiger partial charge in [0.1, 0.15) is 12.6 Å². The number of aromatic nitrogens is 1. The van der Waals surface area contributed by atoms with Gasteiger partial charge in [-0.1, -0.05) is 43.1 Å². The Bertz CT molecular complexity index is 1380. The van der Waals surface area contributed by atoms with E-state index >= 15 is 0 Å². The summed E-state index contributed by atoms with van der Waals surface area (Å²) in [5, 5.41) is 3.90. The number of rotatable bonds is 11. The number of aromatic amines is 1. The van der Waals surface area contributed by atoms with Crippen molar-refractivity contribution in [3.63, 3.8) is 0 Å². The van der Waals surface area contributed by atoms with Crippen LogP contribution in [-0.2, 0) is 25.5 Å². The molecule has 3 aromatic rings. The van der Waals surface area contributed by atoms with Crippen LogP contribution < -0.4 is 10.9 Å². The summed E-state index contributed by atoms with van der Waals surface area (Å²) in [5.41, 5.74) is 1.11. The lowest BCUT2D eigenvalue weighted by atomic mass is 10.0. The lowest BCUT2D eigenvalue weighted by molar-refractivity contribution is -0.169.